The summed E-state index contributed by atoms with van der Waals surface area (Å²) in [6.45, 7) is 5.31. The van der Waals surface area contributed by atoms with Crippen LogP contribution in [-0.4, -0.2) is 67.7 Å². The summed E-state index contributed by atoms with van der Waals surface area (Å²) in [5, 5.41) is 3.84. The summed E-state index contributed by atoms with van der Waals surface area (Å²) in [7, 11) is 1.58. The fourth-order valence-corrected chi connectivity index (χ4v) is 3.94. The molecule has 0 aromatic heterocycles. The standard InChI is InChI=1S/C20H31N3O2/c1-25-16-20(24)23-13-9-19(10-14-23)21-18-7-11-22(12-8-18)15-17-5-3-2-4-6-17/h2-6,18-19,21H,7-16H2,1H3. The Hall–Kier alpha value is -1.43. The van der Waals surface area contributed by atoms with Crippen LogP contribution in [0.3, 0.4) is 0 Å². The van der Waals surface area contributed by atoms with Crippen LogP contribution in [0.1, 0.15) is 31.2 Å². The maximum Gasteiger partial charge on any atom is 0.248 e. The molecule has 2 heterocycles. The molecule has 2 aliphatic heterocycles. The molecular formula is C20H31N3O2. The van der Waals surface area contributed by atoms with Crippen molar-refractivity contribution in [3.05, 3.63) is 35.9 Å². The Balaban J connectivity index is 1.35. The number of hydrogen-bond acceptors (Lipinski definition) is 4. The van der Waals surface area contributed by atoms with Crippen molar-refractivity contribution in [1.82, 2.24) is 15.1 Å². The van der Waals surface area contributed by atoms with Gasteiger partial charge in [-0.15, -0.1) is 0 Å². The number of carbonyl (C=O) groups excluding carboxylic acids is 1. The zero-order valence-corrected chi connectivity index (χ0v) is 15.3. The highest BCUT2D eigenvalue weighted by Crippen LogP contribution is 2.17. The molecule has 138 valence electrons. The second-order valence-corrected chi connectivity index (χ2v) is 7.29. The van der Waals surface area contributed by atoms with E-state index in [1.165, 1.54) is 18.4 Å². The van der Waals surface area contributed by atoms with Gasteiger partial charge in [0.05, 0.1) is 0 Å². The van der Waals surface area contributed by atoms with Crippen LogP contribution < -0.4 is 5.32 Å². The second kappa shape index (κ2) is 9.32. The number of likely N-dealkylation sites (tertiary alicyclic amines) is 2. The van der Waals surface area contributed by atoms with Gasteiger partial charge in [0.15, 0.2) is 0 Å². The van der Waals surface area contributed by atoms with Crippen molar-refractivity contribution in [2.45, 2.75) is 44.3 Å². The first-order valence-corrected chi connectivity index (χ1v) is 9.53. The van der Waals surface area contributed by atoms with E-state index in [1.807, 2.05) is 4.90 Å². The second-order valence-electron chi connectivity index (χ2n) is 7.29. The predicted molar refractivity (Wildman–Crippen MR) is 99.4 cm³/mol. The number of piperidine rings is 2. The molecule has 25 heavy (non-hydrogen) atoms. The molecule has 2 saturated heterocycles. The Kier molecular flexibility index (Phi) is 6.84. The van der Waals surface area contributed by atoms with Gasteiger partial charge in [0.1, 0.15) is 6.61 Å². The van der Waals surface area contributed by atoms with Crippen molar-refractivity contribution in [2.75, 3.05) is 39.9 Å². The molecule has 5 heteroatoms. The van der Waals surface area contributed by atoms with Gasteiger partial charge >= 0.3 is 0 Å². The molecule has 0 spiro atoms. The van der Waals surface area contributed by atoms with Gasteiger partial charge in [-0.3, -0.25) is 9.69 Å². The molecule has 0 radical (unpaired) electrons. The third kappa shape index (κ3) is 5.53. The number of methoxy groups -OCH3 is 1. The van der Waals surface area contributed by atoms with Crippen LogP contribution in [0.15, 0.2) is 30.3 Å². The monoisotopic (exact) mass is 345 g/mol. The molecule has 1 aromatic carbocycles. The number of nitrogens with zero attached hydrogens (tertiary/aromatic N) is 2. The first-order chi connectivity index (χ1) is 12.2. The lowest BCUT2D eigenvalue weighted by atomic mass is 9.99. The van der Waals surface area contributed by atoms with Crippen LogP contribution >= 0.6 is 0 Å². The molecule has 1 amide bonds. The van der Waals surface area contributed by atoms with Crippen molar-refractivity contribution in [3.8, 4) is 0 Å². The smallest absolute Gasteiger partial charge is 0.248 e. The molecule has 1 aromatic rings. The molecule has 1 N–H and O–H groups in total. The number of rotatable bonds is 6. The van der Waals surface area contributed by atoms with Crippen molar-refractivity contribution < 1.29 is 9.53 Å². The lowest BCUT2D eigenvalue weighted by Gasteiger charge is -2.37. The number of hydrogen-bond donors (Lipinski definition) is 1. The van der Waals surface area contributed by atoms with E-state index in [0.29, 0.717) is 12.1 Å². The fraction of sp³-hybridized carbons (Fsp3) is 0.650. The third-order valence-corrected chi connectivity index (χ3v) is 5.42. The topological polar surface area (TPSA) is 44.8 Å². The normalized spacial score (nSPS) is 20.8. The van der Waals surface area contributed by atoms with Gasteiger partial charge in [-0.05, 0) is 44.3 Å². The summed E-state index contributed by atoms with van der Waals surface area (Å²) in [6.07, 6.45) is 4.55. The van der Waals surface area contributed by atoms with E-state index in [9.17, 15) is 4.79 Å². The van der Waals surface area contributed by atoms with E-state index >= 15 is 0 Å². The average Bonchev–Trinajstić information content (AvgIpc) is 2.65. The number of carbonyl (C=O) groups is 1. The van der Waals surface area contributed by atoms with Gasteiger partial charge < -0.3 is 15.0 Å². The SMILES string of the molecule is COCC(=O)N1CCC(NC2CCN(Cc3ccccc3)CC2)CC1. The summed E-state index contributed by atoms with van der Waals surface area (Å²) in [6, 6.07) is 11.9. The predicted octanol–water partition coefficient (Wildman–Crippen LogP) is 1.88. The van der Waals surface area contributed by atoms with E-state index in [-0.39, 0.29) is 12.5 Å². The molecule has 5 nitrogen and oxygen atoms in total. The Morgan fingerprint density at radius 3 is 2.24 bits per heavy atom. The van der Waals surface area contributed by atoms with Crippen LogP contribution in [0.2, 0.25) is 0 Å². The number of benzene rings is 1. The summed E-state index contributed by atoms with van der Waals surface area (Å²) < 4.78 is 4.95. The van der Waals surface area contributed by atoms with E-state index in [1.54, 1.807) is 7.11 Å². The van der Waals surface area contributed by atoms with Crippen molar-refractivity contribution >= 4 is 5.91 Å². The van der Waals surface area contributed by atoms with E-state index in [4.69, 9.17) is 4.74 Å². The molecule has 0 saturated carbocycles. The molecule has 0 bridgehead atoms. The minimum absolute atomic E-state index is 0.121. The van der Waals surface area contributed by atoms with Gasteiger partial charge in [-0.2, -0.15) is 0 Å². The Morgan fingerprint density at radius 1 is 1.04 bits per heavy atom. The van der Waals surface area contributed by atoms with Crippen LogP contribution in [-0.2, 0) is 16.1 Å². The summed E-state index contributed by atoms with van der Waals surface area (Å²) >= 11 is 0. The van der Waals surface area contributed by atoms with Crippen molar-refractivity contribution in [2.24, 2.45) is 0 Å². The fourth-order valence-electron chi connectivity index (χ4n) is 3.94. The van der Waals surface area contributed by atoms with Crippen molar-refractivity contribution in [1.29, 1.82) is 0 Å². The Labute approximate surface area is 151 Å². The van der Waals surface area contributed by atoms with Crippen LogP contribution in [0.5, 0.6) is 0 Å². The maximum atomic E-state index is 11.9. The highest BCUT2D eigenvalue weighted by atomic mass is 16.5. The van der Waals surface area contributed by atoms with Gasteiger partial charge in [-0.25, -0.2) is 0 Å². The minimum atomic E-state index is 0.121. The zero-order valence-electron chi connectivity index (χ0n) is 15.3. The lowest BCUT2D eigenvalue weighted by molar-refractivity contribution is -0.136. The number of amides is 1. The van der Waals surface area contributed by atoms with Gasteiger partial charge in [-0.1, -0.05) is 30.3 Å². The summed E-state index contributed by atoms with van der Waals surface area (Å²) in [4.78, 5) is 16.3. The van der Waals surface area contributed by atoms with Crippen LogP contribution in [0, 0.1) is 0 Å². The van der Waals surface area contributed by atoms with Crippen LogP contribution in [0.4, 0.5) is 0 Å². The summed E-state index contributed by atoms with van der Waals surface area (Å²) in [5.41, 5.74) is 1.40. The van der Waals surface area contributed by atoms with E-state index in [2.05, 4.69) is 40.5 Å². The molecular weight excluding hydrogens is 314 g/mol. The van der Waals surface area contributed by atoms with Crippen LogP contribution in [0.25, 0.3) is 0 Å². The Morgan fingerprint density at radius 2 is 1.64 bits per heavy atom. The minimum Gasteiger partial charge on any atom is -0.375 e. The van der Waals surface area contributed by atoms with Gasteiger partial charge in [0.2, 0.25) is 5.91 Å². The van der Waals surface area contributed by atoms with Crippen molar-refractivity contribution in [3.63, 3.8) is 0 Å². The molecule has 2 fully saturated rings. The molecule has 0 aliphatic carbocycles. The molecule has 0 unspecified atom stereocenters. The van der Waals surface area contributed by atoms with Gasteiger partial charge in [0, 0.05) is 38.8 Å². The Bertz CT molecular complexity index is 521. The van der Waals surface area contributed by atoms with E-state index in [0.717, 1.165) is 45.6 Å². The third-order valence-electron chi connectivity index (χ3n) is 5.42. The highest BCUT2D eigenvalue weighted by Gasteiger charge is 2.26. The first kappa shape index (κ1) is 18.4. The quantitative estimate of drug-likeness (QED) is 0.855. The molecule has 2 aliphatic rings. The highest BCUT2D eigenvalue weighted by molar-refractivity contribution is 5.77. The molecule has 3 rings (SSSR count). The van der Waals surface area contributed by atoms with E-state index < -0.39 is 0 Å². The average molecular weight is 345 g/mol. The van der Waals surface area contributed by atoms with Gasteiger partial charge in [0.25, 0.3) is 0 Å². The largest absolute Gasteiger partial charge is 0.375 e. The maximum absolute atomic E-state index is 11.9. The zero-order chi connectivity index (χ0) is 17.5. The number of nitrogens with one attached hydrogen (secondary N) is 1. The summed E-state index contributed by atoms with van der Waals surface area (Å²) in [5.74, 6) is 0.121. The lowest BCUT2D eigenvalue weighted by Crippen LogP contribution is -2.51. The number of ether oxygens (including phenoxy) is 1. The molecule has 0 atom stereocenters. The first-order valence-electron chi connectivity index (χ1n) is 9.53.